The van der Waals surface area contributed by atoms with E-state index in [0.717, 1.165) is 6.07 Å². The number of hydrogen-bond acceptors (Lipinski definition) is 6. The van der Waals surface area contributed by atoms with Crippen molar-refractivity contribution in [1.29, 1.82) is 0 Å². The van der Waals surface area contributed by atoms with E-state index in [1.54, 1.807) is 4.68 Å². The van der Waals surface area contributed by atoms with E-state index in [1.165, 1.54) is 48.7 Å². The number of fused-ring (bicyclic) bond motifs is 1. The molecule has 0 radical (unpaired) electrons. The first-order valence-corrected chi connectivity index (χ1v) is 11.6. The highest BCUT2D eigenvalue weighted by Gasteiger charge is 2.36. The molecule has 37 heavy (non-hydrogen) atoms. The van der Waals surface area contributed by atoms with E-state index < -0.39 is 24.1 Å². The average molecular weight is 538 g/mol. The van der Waals surface area contributed by atoms with Gasteiger partial charge in [0, 0.05) is 18.8 Å². The molecule has 0 saturated heterocycles. The third-order valence-electron chi connectivity index (χ3n) is 5.72. The highest BCUT2D eigenvalue weighted by atomic mass is 35.5. The second kappa shape index (κ2) is 10.3. The van der Waals surface area contributed by atoms with E-state index >= 15 is 0 Å². The number of anilines is 1. The van der Waals surface area contributed by atoms with Crippen molar-refractivity contribution in [1.82, 2.24) is 20.1 Å². The standard InChI is InChI=1S/C24H23ClF3N5O4/c1-13(2)33-20-17(31-21(34)15-6-4-5-7-19(15)37-24(26,27)28)8-9-32(18(20)12-30-33)23(35)14-10-16(25)22(36-3)29-11-14/h4-7,10-13,17H,8-9H2,1-3H3,(H,31,34). The van der Waals surface area contributed by atoms with Gasteiger partial charge in [-0.2, -0.15) is 5.10 Å². The van der Waals surface area contributed by atoms with Gasteiger partial charge in [0.1, 0.15) is 10.8 Å². The van der Waals surface area contributed by atoms with Crippen LogP contribution in [0.1, 0.15) is 58.8 Å². The van der Waals surface area contributed by atoms with Crippen molar-refractivity contribution in [2.75, 3.05) is 18.6 Å². The van der Waals surface area contributed by atoms with E-state index in [9.17, 15) is 22.8 Å². The van der Waals surface area contributed by atoms with Crippen LogP contribution in [0.5, 0.6) is 11.6 Å². The molecule has 0 aliphatic carbocycles. The number of ether oxygens (including phenoxy) is 2. The summed E-state index contributed by atoms with van der Waals surface area (Å²) in [6.45, 7) is 3.96. The van der Waals surface area contributed by atoms with Gasteiger partial charge < -0.3 is 19.7 Å². The number of para-hydroxylation sites is 1. The van der Waals surface area contributed by atoms with Crippen LogP contribution in [-0.2, 0) is 0 Å². The summed E-state index contributed by atoms with van der Waals surface area (Å²) < 4.78 is 49.3. The molecule has 4 rings (SSSR count). The number of nitrogens with one attached hydrogen (secondary N) is 1. The Hall–Kier alpha value is -3.80. The molecule has 1 N–H and O–H groups in total. The molecule has 9 nitrogen and oxygen atoms in total. The Morgan fingerprint density at radius 1 is 1.22 bits per heavy atom. The Morgan fingerprint density at radius 2 is 1.95 bits per heavy atom. The maximum atomic E-state index is 13.4. The predicted molar refractivity (Wildman–Crippen MR) is 128 cm³/mol. The second-order valence-electron chi connectivity index (χ2n) is 8.48. The summed E-state index contributed by atoms with van der Waals surface area (Å²) in [5.74, 6) is -1.56. The fourth-order valence-corrected chi connectivity index (χ4v) is 4.38. The first kappa shape index (κ1) is 26.3. The zero-order valence-corrected chi connectivity index (χ0v) is 20.8. The molecule has 3 aromatic rings. The lowest BCUT2D eigenvalue weighted by atomic mass is 10.0. The Balaban J connectivity index is 1.65. The van der Waals surface area contributed by atoms with Crippen molar-refractivity contribution in [3.05, 3.63) is 64.6 Å². The lowest BCUT2D eigenvalue weighted by Gasteiger charge is -2.33. The van der Waals surface area contributed by atoms with Gasteiger partial charge in [-0.15, -0.1) is 13.2 Å². The predicted octanol–water partition coefficient (Wildman–Crippen LogP) is 4.94. The fourth-order valence-electron chi connectivity index (χ4n) is 4.14. The van der Waals surface area contributed by atoms with Crippen molar-refractivity contribution in [3.8, 4) is 11.6 Å². The van der Waals surface area contributed by atoms with Crippen molar-refractivity contribution in [2.24, 2.45) is 0 Å². The van der Waals surface area contributed by atoms with Gasteiger partial charge in [0.25, 0.3) is 11.8 Å². The van der Waals surface area contributed by atoms with Gasteiger partial charge in [-0.05, 0) is 38.5 Å². The van der Waals surface area contributed by atoms with Gasteiger partial charge in [-0.1, -0.05) is 23.7 Å². The third-order valence-corrected chi connectivity index (χ3v) is 5.99. The molecule has 1 aliphatic heterocycles. The molecule has 0 fully saturated rings. The van der Waals surface area contributed by atoms with E-state index in [4.69, 9.17) is 16.3 Å². The highest BCUT2D eigenvalue weighted by molar-refractivity contribution is 6.32. The number of methoxy groups -OCH3 is 1. The minimum absolute atomic E-state index is 0.129. The van der Waals surface area contributed by atoms with Gasteiger partial charge in [0.2, 0.25) is 5.88 Å². The van der Waals surface area contributed by atoms with Crippen molar-refractivity contribution < 1.29 is 32.2 Å². The summed E-state index contributed by atoms with van der Waals surface area (Å²) >= 11 is 6.15. The quantitative estimate of drug-likeness (QED) is 0.478. The van der Waals surface area contributed by atoms with Crippen LogP contribution >= 0.6 is 11.6 Å². The number of pyridine rings is 1. The molecular formula is C24H23ClF3N5O4. The lowest BCUT2D eigenvalue weighted by Crippen LogP contribution is -2.42. The van der Waals surface area contributed by atoms with Crippen molar-refractivity contribution >= 4 is 29.1 Å². The smallest absolute Gasteiger partial charge is 0.480 e. The summed E-state index contributed by atoms with van der Waals surface area (Å²) in [7, 11) is 1.41. The molecule has 1 aliphatic rings. The minimum Gasteiger partial charge on any atom is -0.480 e. The molecule has 3 heterocycles. The van der Waals surface area contributed by atoms with Gasteiger partial charge in [0.05, 0.1) is 41.9 Å². The zero-order chi connectivity index (χ0) is 26.9. The maximum Gasteiger partial charge on any atom is 0.573 e. The van der Waals surface area contributed by atoms with Crippen LogP contribution in [-0.4, -0.2) is 46.6 Å². The van der Waals surface area contributed by atoms with Crippen LogP contribution in [0.25, 0.3) is 0 Å². The Morgan fingerprint density at radius 3 is 2.59 bits per heavy atom. The normalized spacial score (nSPS) is 15.4. The number of nitrogens with zero attached hydrogens (tertiary/aromatic N) is 4. The summed E-state index contributed by atoms with van der Waals surface area (Å²) in [4.78, 5) is 32.0. The number of hydrogen-bond donors (Lipinski definition) is 1. The third kappa shape index (κ3) is 5.48. The largest absolute Gasteiger partial charge is 0.573 e. The van der Waals surface area contributed by atoms with Crippen LogP contribution in [0.15, 0.2) is 42.7 Å². The van der Waals surface area contributed by atoms with Crippen LogP contribution < -0.4 is 19.7 Å². The number of amides is 2. The van der Waals surface area contributed by atoms with Gasteiger partial charge in [-0.25, -0.2) is 4.98 Å². The lowest BCUT2D eigenvalue weighted by molar-refractivity contribution is -0.274. The van der Waals surface area contributed by atoms with Crippen LogP contribution in [0, 0.1) is 0 Å². The number of halogens is 4. The second-order valence-corrected chi connectivity index (χ2v) is 8.89. The molecule has 2 amide bonds. The number of carbonyl (C=O) groups is 2. The molecule has 0 saturated carbocycles. The summed E-state index contributed by atoms with van der Waals surface area (Å²) in [6, 6.07) is 5.79. The minimum atomic E-state index is -4.95. The summed E-state index contributed by atoms with van der Waals surface area (Å²) in [6.07, 6.45) is -1.80. The molecule has 1 aromatic carbocycles. The number of benzene rings is 1. The first-order chi connectivity index (χ1) is 17.5. The number of alkyl halides is 3. The van der Waals surface area contributed by atoms with Crippen molar-refractivity contribution in [3.63, 3.8) is 0 Å². The average Bonchev–Trinajstić information content (AvgIpc) is 3.29. The van der Waals surface area contributed by atoms with Crippen LogP contribution in [0.4, 0.5) is 18.9 Å². The molecule has 196 valence electrons. The van der Waals surface area contributed by atoms with E-state index in [0.29, 0.717) is 11.4 Å². The first-order valence-electron chi connectivity index (χ1n) is 11.2. The Labute approximate surface area is 215 Å². The topological polar surface area (TPSA) is 98.6 Å². The van der Waals surface area contributed by atoms with Crippen LogP contribution in [0.3, 0.4) is 0 Å². The SMILES string of the molecule is COc1ncc(C(=O)N2CCC(NC(=O)c3ccccc3OC(F)(F)F)c3c2cnn3C(C)C)cc1Cl. The Kier molecular flexibility index (Phi) is 7.30. The molecule has 0 spiro atoms. The summed E-state index contributed by atoms with van der Waals surface area (Å²) in [5, 5.41) is 7.36. The van der Waals surface area contributed by atoms with E-state index in [1.807, 2.05) is 13.8 Å². The molecule has 0 bridgehead atoms. The monoisotopic (exact) mass is 537 g/mol. The van der Waals surface area contributed by atoms with E-state index in [2.05, 4.69) is 20.1 Å². The summed E-state index contributed by atoms with van der Waals surface area (Å²) in [5.41, 5.74) is 0.968. The van der Waals surface area contributed by atoms with Crippen molar-refractivity contribution in [2.45, 2.75) is 38.7 Å². The fraction of sp³-hybridized carbons (Fsp3) is 0.333. The number of aromatic nitrogens is 3. The molecule has 1 unspecified atom stereocenters. The molecular weight excluding hydrogens is 515 g/mol. The molecule has 1 atom stereocenters. The number of rotatable bonds is 6. The van der Waals surface area contributed by atoms with Gasteiger partial charge in [0.15, 0.2) is 0 Å². The van der Waals surface area contributed by atoms with Gasteiger partial charge in [-0.3, -0.25) is 14.3 Å². The molecule has 2 aromatic heterocycles. The zero-order valence-electron chi connectivity index (χ0n) is 20.0. The Bertz CT molecular complexity index is 1330. The van der Waals surface area contributed by atoms with Gasteiger partial charge >= 0.3 is 6.36 Å². The molecule has 13 heteroatoms. The highest BCUT2D eigenvalue weighted by Crippen LogP contribution is 2.37. The maximum absolute atomic E-state index is 13.4. The van der Waals surface area contributed by atoms with Crippen LogP contribution in [0.2, 0.25) is 5.02 Å². The number of carbonyl (C=O) groups excluding carboxylic acids is 2. The van der Waals surface area contributed by atoms with E-state index in [-0.39, 0.29) is 46.9 Å².